The van der Waals surface area contributed by atoms with Crippen LogP contribution in [0.3, 0.4) is 0 Å². The summed E-state index contributed by atoms with van der Waals surface area (Å²) in [6.45, 7) is 0.540. The van der Waals surface area contributed by atoms with Crippen LogP contribution >= 0.6 is 0 Å². The van der Waals surface area contributed by atoms with Crippen molar-refractivity contribution >= 4 is 11.0 Å². The number of fused-ring (bicyclic) bond motifs is 1. The minimum atomic E-state index is -0.875. The third-order valence-corrected chi connectivity index (χ3v) is 1.92. The lowest BCUT2D eigenvalue weighted by Gasteiger charge is -1.90. The van der Waals surface area contributed by atoms with Crippen LogP contribution in [-0.4, -0.2) is 17.0 Å². The first-order valence-electron chi connectivity index (χ1n) is 4.19. The topological polar surface area (TPSA) is 40.7 Å². The smallest absolute Gasteiger partial charge is 0.161 e. The fourth-order valence-corrected chi connectivity index (χ4v) is 1.31. The van der Waals surface area contributed by atoms with Gasteiger partial charge in [0.05, 0.1) is 17.6 Å². The van der Waals surface area contributed by atoms with Crippen molar-refractivity contribution in [3.63, 3.8) is 0 Å². The average molecular weight is 197 g/mol. The van der Waals surface area contributed by atoms with Crippen molar-refractivity contribution < 1.29 is 8.78 Å². The number of nitrogens with zero attached hydrogens (tertiary/aromatic N) is 1. The SMILES string of the molecule is CNCc1nc2cc(F)c(F)cc2[nH]1. The molecule has 14 heavy (non-hydrogen) atoms. The summed E-state index contributed by atoms with van der Waals surface area (Å²) in [5.74, 6) is -1.08. The zero-order chi connectivity index (χ0) is 10.1. The van der Waals surface area contributed by atoms with Crippen LogP contribution in [-0.2, 0) is 6.54 Å². The minimum Gasteiger partial charge on any atom is -0.341 e. The first kappa shape index (κ1) is 9.08. The first-order chi connectivity index (χ1) is 6.70. The van der Waals surface area contributed by atoms with Crippen molar-refractivity contribution in [3.05, 3.63) is 29.6 Å². The van der Waals surface area contributed by atoms with Gasteiger partial charge in [-0.3, -0.25) is 0 Å². The van der Waals surface area contributed by atoms with Gasteiger partial charge in [0, 0.05) is 12.1 Å². The Morgan fingerprint density at radius 2 is 2.07 bits per heavy atom. The molecule has 74 valence electrons. The molecule has 0 aliphatic rings. The van der Waals surface area contributed by atoms with Crippen LogP contribution in [0.2, 0.25) is 0 Å². The van der Waals surface area contributed by atoms with Gasteiger partial charge < -0.3 is 10.3 Å². The van der Waals surface area contributed by atoms with Crippen molar-refractivity contribution in [3.8, 4) is 0 Å². The summed E-state index contributed by atoms with van der Waals surface area (Å²) < 4.78 is 25.6. The highest BCUT2D eigenvalue weighted by Crippen LogP contribution is 2.15. The summed E-state index contributed by atoms with van der Waals surface area (Å²) >= 11 is 0. The van der Waals surface area contributed by atoms with E-state index in [0.717, 1.165) is 12.1 Å². The lowest BCUT2D eigenvalue weighted by Crippen LogP contribution is -2.06. The van der Waals surface area contributed by atoms with Crippen molar-refractivity contribution in [1.29, 1.82) is 0 Å². The number of halogens is 2. The minimum absolute atomic E-state index is 0.439. The Balaban J connectivity index is 2.54. The highest BCUT2D eigenvalue weighted by Gasteiger charge is 2.07. The Morgan fingerprint density at radius 3 is 2.79 bits per heavy atom. The molecule has 0 bridgehead atoms. The van der Waals surface area contributed by atoms with Crippen LogP contribution in [0, 0.1) is 11.6 Å². The van der Waals surface area contributed by atoms with Gasteiger partial charge in [-0.05, 0) is 7.05 Å². The van der Waals surface area contributed by atoms with E-state index in [1.54, 1.807) is 7.05 Å². The third kappa shape index (κ3) is 1.46. The second-order valence-corrected chi connectivity index (χ2v) is 3.00. The molecule has 1 heterocycles. The number of H-pyrrole nitrogens is 1. The Kier molecular flexibility index (Phi) is 2.17. The summed E-state index contributed by atoms with van der Waals surface area (Å²) in [5, 5.41) is 2.89. The third-order valence-electron chi connectivity index (χ3n) is 1.92. The molecule has 2 N–H and O–H groups in total. The van der Waals surface area contributed by atoms with Gasteiger partial charge in [0.1, 0.15) is 5.82 Å². The van der Waals surface area contributed by atoms with Crippen molar-refractivity contribution in [1.82, 2.24) is 15.3 Å². The Bertz CT molecular complexity index is 425. The predicted octanol–water partition coefficient (Wildman–Crippen LogP) is 1.56. The number of benzene rings is 1. The molecular formula is C9H9F2N3. The summed E-state index contributed by atoms with van der Waals surface area (Å²) in [6, 6.07) is 2.19. The normalized spacial score (nSPS) is 11.1. The largest absolute Gasteiger partial charge is 0.341 e. The summed E-state index contributed by atoms with van der Waals surface area (Å²) in [5.41, 5.74) is 0.948. The molecule has 0 aliphatic heterocycles. The van der Waals surface area contributed by atoms with Crippen molar-refractivity contribution in [2.45, 2.75) is 6.54 Å². The lowest BCUT2D eigenvalue weighted by atomic mass is 10.3. The zero-order valence-corrected chi connectivity index (χ0v) is 7.56. The lowest BCUT2D eigenvalue weighted by molar-refractivity contribution is 0.510. The molecule has 5 heteroatoms. The molecule has 0 saturated carbocycles. The maximum absolute atomic E-state index is 12.8. The van der Waals surface area contributed by atoms with E-state index in [1.807, 2.05) is 0 Å². The molecule has 0 spiro atoms. The molecule has 0 fully saturated rings. The molecule has 0 saturated heterocycles. The molecule has 2 aromatic rings. The summed E-state index contributed by atoms with van der Waals surface area (Å²) in [7, 11) is 1.77. The number of aromatic nitrogens is 2. The van der Waals surface area contributed by atoms with Crippen LogP contribution in [0.5, 0.6) is 0 Å². The number of nitrogens with one attached hydrogen (secondary N) is 2. The Morgan fingerprint density at radius 1 is 1.36 bits per heavy atom. The van der Waals surface area contributed by atoms with Gasteiger partial charge in [-0.15, -0.1) is 0 Å². The Hall–Kier alpha value is -1.49. The van der Waals surface area contributed by atoms with Crippen LogP contribution < -0.4 is 5.32 Å². The average Bonchev–Trinajstić information content (AvgIpc) is 2.48. The predicted molar refractivity (Wildman–Crippen MR) is 48.8 cm³/mol. The van der Waals surface area contributed by atoms with Crippen molar-refractivity contribution in [2.24, 2.45) is 0 Å². The molecule has 0 unspecified atom stereocenters. The fraction of sp³-hybridized carbons (Fsp3) is 0.222. The Labute approximate surface area is 79.2 Å². The second kappa shape index (κ2) is 3.34. The monoisotopic (exact) mass is 197 g/mol. The van der Waals surface area contributed by atoms with Gasteiger partial charge in [-0.2, -0.15) is 0 Å². The first-order valence-corrected chi connectivity index (χ1v) is 4.19. The summed E-state index contributed by atoms with van der Waals surface area (Å²) in [4.78, 5) is 6.96. The number of aromatic amines is 1. The molecule has 2 rings (SSSR count). The molecule has 0 atom stereocenters. The van der Waals surface area contributed by atoms with Crippen molar-refractivity contribution in [2.75, 3.05) is 7.05 Å². The maximum Gasteiger partial charge on any atom is 0.161 e. The van der Waals surface area contributed by atoms with Gasteiger partial charge >= 0.3 is 0 Å². The van der Waals surface area contributed by atoms with Crippen LogP contribution in [0.1, 0.15) is 5.82 Å². The van der Waals surface area contributed by atoms with Gasteiger partial charge in [-0.1, -0.05) is 0 Å². The number of hydrogen-bond acceptors (Lipinski definition) is 2. The van der Waals surface area contributed by atoms with Crippen LogP contribution in [0.15, 0.2) is 12.1 Å². The zero-order valence-electron chi connectivity index (χ0n) is 7.56. The number of imidazole rings is 1. The van der Waals surface area contributed by atoms with Gasteiger partial charge in [0.2, 0.25) is 0 Å². The molecule has 1 aromatic carbocycles. The molecule has 0 amide bonds. The fourth-order valence-electron chi connectivity index (χ4n) is 1.31. The highest BCUT2D eigenvalue weighted by molar-refractivity contribution is 5.75. The van der Waals surface area contributed by atoms with E-state index in [-0.39, 0.29) is 0 Å². The van der Waals surface area contributed by atoms with Crippen LogP contribution in [0.4, 0.5) is 8.78 Å². The number of hydrogen-bond donors (Lipinski definition) is 2. The van der Waals surface area contributed by atoms with E-state index in [9.17, 15) is 8.78 Å². The van der Waals surface area contributed by atoms with E-state index in [4.69, 9.17) is 0 Å². The van der Waals surface area contributed by atoms with E-state index in [2.05, 4.69) is 15.3 Å². The molecule has 1 aromatic heterocycles. The second-order valence-electron chi connectivity index (χ2n) is 3.00. The molecule has 3 nitrogen and oxygen atoms in total. The van der Waals surface area contributed by atoms with E-state index >= 15 is 0 Å². The van der Waals surface area contributed by atoms with Gasteiger partial charge in [0.25, 0.3) is 0 Å². The van der Waals surface area contributed by atoms with Gasteiger partial charge in [0.15, 0.2) is 11.6 Å². The summed E-state index contributed by atoms with van der Waals surface area (Å²) in [6.07, 6.45) is 0. The molecule has 0 aliphatic carbocycles. The maximum atomic E-state index is 12.8. The van der Waals surface area contributed by atoms with E-state index in [0.29, 0.717) is 23.4 Å². The number of rotatable bonds is 2. The van der Waals surface area contributed by atoms with Gasteiger partial charge in [-0.25, -0.2) is 13.8 Å². The highest BCUT2D eigenvalue weighted by atomic mass is 19.2. The standard InChI is InChI=1S/C9H9F2N3/c1-12-4-9-13-7-2-5(10)6(11)3-8(7)14-9/h2-3,12H,4H2,1H3,(H,13,14). The van der Waals surface area contributed by atoms with E-state index < -0.39 is 11.6 Å². The van der Waals surface area contributed by atoms with E-state index in [1.165, 1.54) is 0 Å². The van der Waals surface area contributed by atoms with Crippen LogP contribution in [0.25, 0.3) is 11.0 Å². The quantitative estimate of drug-likeness (QED) is 0.767. The molecule has 0 radical (unpaired) electrons. The molecular weight excluding hydrogens is 188 g/mol.